The van der Waals surface area contributed by atoms with Crippen LogP contribution in [-0.4, -0.2) is 36.5 Å². The Morgan fingerprint density at radius 1 is 1.43 bits per heavy atom. The predicted molar refractivity (Wildman–Crippen MR) is 81.1 cm³/mol. The zero-order valence-corrected chi connectivity index (χ0v) is 12.6. The minimum Gasteiger partial charge on any atom is -0.379 e. The highest BCUT2D eigenvalue weighted by atomic mass is 19.1. The van der Waals surface area contributed by atoms with Gasteiger partial charge < -0.3 is 10.2 Å². The molecule has 1 saturated heterocycles. The quantitative estimate of drug-likeness (QED) is 0.669. The Labute approximate surface area is 124 Å². The molecule has 0 amide bonds. The number of nitro benzene ring substituents is 1. The zero-order valence-electron chi connectivity index (χ0n) is 12.6. The average molecular weight is 295 g/mol. The first-order valence-corrected chi connectivity index (χ1v) is 7.34. The van der Waals surface area contributed by atoms with Crippen LogP contribution in [0.2, 0.25) is 0 Å². The molecule has 0 radical (unpaired) electrons. The number of piperidine rings is 1. The third-order valence-corrected chi connectivity index (χ3v) is 4.18. The molecule has 0 unspecified atom stereocenters. The number of anilines is 1. The Bertz CT molecular complexity index is 514. The Kier molecular flexibility index (Phi) is 5.12. The Balaban J connectivity index is 1.93. The SMILES string of the molecule is Cc1cc(NCCC2CCN(C)CC2)c([N+](=O)[O-])cc1F. The molecule has 0 aliphatic carbocycles. The Morgan fingerprint density at radius 3 is 2.71 bits per heavy atom. The van der Waals surface area contributed by atoms with Crippen LogP contribution < -0.4 is 5.32 Å². The minimum absolute atomic E-state index is 0.193. The number of hydrogen-bond acceptors (Lipinski definition) is 4. The van der Waals surface area contributed by atoms with Gasteiger partial charge in [0.1, 0.15) is 11.5 Å². The lowest BCUT2D eigenvalue weighted by atomic mass is 9.94. The number of hydrogen-bond donors (Lipinski definition) is 1. The maximum absolute atomic E-state index is 13.4. The fourth-order valence-electron chi connectivity index (χ4n) is 2.73. The van der Waals surface area contributed by atoms with Gasteiger partial charge in [-0.25, -0.2) is 4.39 Å². The van der Waals surface area contributed by atoms with E-state index in [4.69, 9.17) is 0 Å². The largest absolute Gasteiger partial charge is 0.379 e. The second kappa shape index (κ2) is 6.85. The summed E-state index contributed by atoms with van der Waals surface area (Å²) in [6.45, 7) is 4.52. The maximum Gasteiger partial charge on any atom is 0.295 e. The van der Waals surface area contributed by atoms with E-state index in [1.54, 1.807) is 6.92 Å². The fraction of sp³-hybridized carbons (Fsp3) is 0.600. The van der Waals surface area contributed by atoms with Crippen LogP contribution in [0.25, 0.3) is 0 Å². The minimum atomic E-state index is -0.541. The molecule has 5 nitrogen and oxygen atoms in total. The van der Waals surface area contributed by atoms with E-state index < -0.39 is 10.7 Å². The molecule has 0 atom stereocenters. The van der Waals surface area contributed by atoms with Gasteiger partial charge >= 0.3 is 0 Å². The molecule has 0 aromatic heterocycles. The number of halogens is 1. The summed E-state index contributed by atoms with van der Waals surface area (Å²) in [7, 11) is 2.12. The van der Waals surface area contributed by atoms with Gasteiger partial charge in [0, 0.05) is 6.54 Å². The number of rotatable bonds is 5. The molecular weight excluding hydrogens is 273 g/mol. The Hall–Kier alpha value is -1.69. The summed E-state index contributed by atoms with van der Waals surface area (Å²) < 4.78 is 13.4. The lowest BCUT2D eigenvalue weighted by Gasteiger charge is -2.28. The second-order valence-electron chi connectivity index (χ2n) is 5.84. The van der Waals surface area contributed by atoms with Crippen LogP contribution in [0.1, 0.15) is 24.8 Å². The van der Waals surface area contributed by atoms with Crippen LogP contribution in [-0.2, 0) is 0 Å². The first-order chi connectivity index (χ1) is 9.97. The molecule has 1 fully saturated rings. The first kappa shape index (κ1) is 15.7. The predicted octanol–water partition coefficient (Wildman–Crippen LogP) is 3.19. The summed E-state index contributed by atoms with van der Waals surface area (Å²) in [5.41, 5.74) is 0.635. The average Bonchev–Trinajstić information content (AvgIpc) is 2.44. The molecule has 0 saturated carbocycles. The third kappa shape index (κ3) is 4.14. The van der Waals surface area contributed by atoms with Gasteiger partial charge in [-0.1, -0.05) is 0 Å². The summed E-state index contributed by atoms with van der Waals surface area (Å²) in [5, 5.41) is 14.1. The van der Waals surface area contributed by atoms with Gasteiger partial charge in [-0.15, -0.1) is 0 Å². The van der Waals surface area contributed by atoms with Crippen LogP contribution in [0.3, 0.4) is 0 Å². The van der Waals surface area contributed by atoms with Crippen LogP contribution in [0, 0.1) is 28.8 Å². The molecule has 2 rings (SSSR count). The number of aryl methyl sites for hydroxylation is 1. The summed E-state index contributed by atoms with van der Waals surface area (Å²) in [6.07, 6.45) is 3.33. The van der Waals surface area contributed by atoms with E-state index in [1.165, 1.54) is 18.9 Å². The second-order valence-corrected chi connectivity index (χ2v) is 5.84. The number of nitrogens with one attached hydrogen (secondary N) is 1. The van der Waals surface area contributed by atoms with E-state index in [1.807, 2.05) is 0 Å². The van der Waals surface area contributed by atoms with Crippen molar-refractivity contribution < 1.29 is 9.31 Å². The molecule has 1 aliphatic rings. The van der Waals surface area contributed by atoms with Gasteiger partial charge in [0.05, 0.1) is 11.0 Å². The molecule has 1 aromatic carbocycles. The smallest absolute Gasteiger partial charge is 0.295 e. The summed E-state index contributed by atoms with van der Waals surface area (Å²) >= 11 is 0. The number of benzene rings is 1. The van der Waals surface area contributed by atoms with Crippen molar-refractivity contribution in [2.45, 2.75) is 26.2 Å². The lowest BCUT2D eigenvalue weighted by molar-refractivity contribution is -0.384. The fourth-order valence-corrected chi connectivity index (χ4v) is 2.73. The first-order valence-electron chi connectivity index (χ1n) is 7.34. The van der Waals surface area contributed by atoms with Crippen LogP contribution in [0.4, 0.5) is 15.8 Å². The zero-order chi connectivity index (χ0) is 15.4. The highest BCUT2D eigenvalue weighted by Gasteiger charge is 2.19. The Morgan fingerprint density at radius 2 is 2.10 bits per heavy atom. The monoisotopic (exact) mass is 295 g/mol. The molecule has 21 heavy (non-hydrogen) atoms. The molecule has 1 N–H and O–H groups in total. The number of likely N-dealkylation sites (tertiary alicyclic amines) is 1. The summed E-state index contributed by atoms with van der Waals surface area (Å²) in [4.78, 5) is 12.8. The highest BCUT2D eigenvalue weighted by Crippen LogP contribution is 2.28. The molecule has 116 valence electrons. The molecule has 6 heteroatoms. The molecule has 1 aliphatic heterocycles. The van der Waals surface area contributed by atoms with E-state index in [9.17, 15) is 14.5 Å². The van der Waals surface area contributed by atoms with Crippen molar-refractivity contribution in [3.8, 4) is 0 Å². The molecular formula is C15H22FN3O2. The van der Waals surface area contributed by atoms with Crippen molar-refractivity contribution in [2.24, 2.45) is 5.92 Å². The van der Waals surface area contributed by atoms with E-state index in [0.717, 1.165) is 25.6 Å². The van der Waals surface area contributed by atoms with Crippen LogP contribution in [0.15, 0.2) is 12.1 Å². The van der Waals surface area contributed by atoms with Gasteiger partial charge in [0.15, 0.2) is 0 Å². The molecule has 1 heterocycles. The van der Waals surface area contributed by atoms with Crippen molar-refractivity contribution in [1.82, 2.24) is 4.90 Å². The van der Waals surface area contributed by atoms with Crippen molar-refractivity contribution in [3.63, 3.8) is 0 Å². The van der Waals surface area contributed by atoms with Gasteiger partial charge in [0.25, 0.3) is 5.69 Å². The number of nitro groups is 1. The normalized spacial score (nSPS) is 16.9. The van der Waals surface area contributed by atoms with Gasteiger partial charge in [-0.05, 0) is 63.9 Å². The summed E-state index contributed by atoms with van der Waals surface area (Å²) in [6, 6.07) is 2.51. The van der Waals surface area contributed by atoms with Crippen molar-refractivity contribution in [1.29, 1.82) is 0 Å². The molecule has 0 spiro atoms. The van der Waals surface area contributed by atoms with Crippen molar-refractivity contribution in [3.05, 3.63) is 33.6 Å². The van der Waals surface area contributed by atoms with Crippen molar-refractivity contribution in [2.75, 3.05) is 32.0 Å². The van der Waals surface area contributed by atoms with Crippen LogP contribution in [0.5, 0.6) is 0 Å². The van der Waals surface area contributed by atoms with Gasteiger partial charge in [0.2, 0.25) is 0 Å². The van der Waals surface area contributed by atoms with Gasteiger partial charge in [-0.2, -0.15) is 0 Å². The van der Waals surface area contributed by atoms with E-state index in [-0.39, 0.29) is 5.69 Å². The standard InChI is InChI=1S/C15H22FN3O2/c1-11-9-14(15(19(20)21)10-13(11)16)17-6-3-12-4-7-18(2)8-5-12/h9-10,12,17H,3-8H2,1-2H3. The highest BCUT2D eigenvalue weighted by molar-refractivity contribution is 5.63. The summed E-state index contributed by atoms with van der Waals surface area (Å²) in [5.74, 6) is 0.122. The topological polar surface area (TPSA) is 58.4 Å². The van der Waals surface area contributed by atoms with E-state index >= 15 is 0 Å². The van der Waals surface area contributed by atoms with Crippen molar-refractivity contribution >= 4 is 11.4 Å². The maximum atomic E-state index is 13.4. The molecule has 0 bridgehead atoms. The molecule has 1 aromatic rings. The lowest BCUT2D eigenvalue weighted by Crippen LogP contribution is -2.30. The van der Waals surface area contributed by atoms with Gasteiger partial charge in [-0.3, -0.25) is 10.1 Å². The van der Waals surface area contributed by atoms with E-state index in [0.29, 0.717) is 23.7 Å². The van der Waals surface area contributed by atoms with E-state index in [2.05, 4.69) is 17.3 Å². The van der Waals surface area contributed by atoms with Crippen LogP contribution >= 0.6 is 0 Å². The third-order valence-electron chi connectivity index (χ3n) is 4.18. The number of nitrogens with zero attached hydrogens (tertiary/aromatic N) is 2.